The number of halogens is 5. The highest BCUT2D eigenvalue weighted by atomic mass is 79.9. The van der Waals surface area contributed by atoms with E-state index in [-0.39, 0.29) is 19.2 Å². The zero-order chi connectivity index (χ0) is 15.7. The summed E-state index contributed by atoms with van der Waals surface area (Å²) in [4.78, 5) is 1.87. The molecule has 0 bridgehead atoms. The van der Waals surface area contributed by atoms with E-state index >= 15 is 0 Å². The van der Waals surface area contributed by atoms with Gasteiger partial charge in [0.2, 0.25) is 6.79 Å². The molecule has 2 heterocycles. The lowest BCUT2D eigenvalue weighted by molar-refractivity contribution is -0.148. The fourth-order valence-electron chi connectivity index (χ4n) is 2.84. The Morgan fingerprint density at radius 2 is 1.78 bits per heavy atom. The molecule has 3 rings (SSSR count). The second-order valence-electron chi connectivity index (χ2n) is 5.35. The van der Waals surface area contributed by atoms with Crippen molar-refractivity contribution in [1.82, 2.24) is 10.2 Å². The summed E-state index contributed by atoms with van der Waals surface area (Å²) in [5.41, 5.74) is 0.587. The van der Waals surface area contributed by atoms with Crippen molar-refractivity contribution < 1.29 is 22.6 Å². The van der Waals surface area contributed by atoms with E-state index < -0.39 is 18.6 Å². The van der Waals surface area contributed by atoms with Gasteiger partial charge in [0, 0.05) is 36.7 Å². The SMILES string of the molecule is Cl.FC(F)(F)C[C@H](c1cc2c(cc1Br)OCO2)N1CCNCC1. The number of alkyl halides is 3. The minimum Gasteiger partial charge on any atom is -0.454 e. The number of fused-ring (bicyclic) bond motifs is 1. The summed E-state index contributed by atoms with van der Waals surface area (Å²) in [5.74, 6) is 1.06. The molecule has 1 fully saturated rings. The van der Waals surface area contributed by atoms with Gasteiger partial charge in [-0.05, 0) is 17.7 Å². The summed E-state index contributed by atoms with van der Waals surface area (Å²) in [7, 11) is 0. The van der Waals surface area contributed by atoms with Gasteiger partial charge < -0.3 is 14.8 Å². The molecular weight excluding hydrogens is 401 g/mol. The zero-order valence-electron chi connectivity index (χ0n) is 12.2. The molecule has 0 spiro atoms. The van der Waals surface area contributed by atoms with Gasteiger partial charge in [-0.1, -0.05) is 15.9 Å². The van der Waals surface area contributed by atoms with Crippen molar-refractivity contribution in [3.05, 3.63) is 22.2 Å². The molecule has 1 atom stereocenters. The van der Waals surface area contributed by atoms with Crippen LogP contribution in [0.15, 0.2) is 16.6 Å². The second-order valence-corrected chi connectivity index (χ2v) is 6.20. The molecule has 9 heteroatoms. The first kappa shape index (κ1) is 18.6. The molecule has 1 N–H and O–H groups in total. The summed E-state index contributed by atoms with van der Waals surface area (Å²) in [5, 5.41) is 3.16. The summed E-state index contributed by atoms with van der Waals surface area (Å²) in [6.07, 6.45) is -5.11. The van der Waals surface area contributed by atoms with Crippen molar-refractivity contribution in [2.75, 3.05) is 33.0 Å². The van der Waals surface area contributed by atoms with Gasteiger partial charge in [-0.2, -0.15) is 13.2 Å². The van der Waals surface area contributed by atoms with Gasteiger partial charge in [-0.15, -0.1) is 12.4 Å². The Kier molecular flexibility index (Phi) is 6.05. The summed E-state index contributed by atoms with van der Waals surface area (Å²) >= 11 is 3.38. The highest BCUT2D eigenvalue weighted by Crippen LogP contribution is 2.43. The number of nitrogens with zero attached hydrogens (tertiary/aromatic N) is 1. The van der Waals surface area contributed by atoms with Crippen LogP contribution >= 0.6 is 28.3 Å². The van der Waals surface area contributed by atoms with Gasteiger partial charge in [0.25, 0.3) is 0 Å². The van der Waals surface area contributed by atoms with Gasteiger partial charge in [-0.3, -0.25) is 4.90 Å². The maximum atomic E-state index is 13.0. The highest BCUT2D eigenvalue weighted by molar-refractivity contribution is 9.10. The molecule has 1 aromatic rings. The first-order chi connectivity index (χ1) is 10.4. The Labute approximate surface area is 146 Å². The molecule has 0 unspecified atom stereocenters. The van der Waals surface area contributed by atoms with Crippen LogP contribution in [0.4, 0.5) is 13.2 Å². The highest BCUT2D eigenvalue weighted by Gasteiger charge is 2.37. The molecule has 130 valence electrons. The number of rotatable bonds is 3. The first-order valence-electron chi connectivity index (χ1n) is 7.04. The Morgan fingerprint density at radius 3 is 2.39 bits per heavy atom. The summed E-state index contributed by atoms with van der Waals surface area (Å²) < 4.78 is 50.3. The molecular formula is C14H17BrClF3N2O2. The van der Waals surface area contributed by atoms with E-state index in [0.717, 1.165) is 0 Å². The smallest absolute Gasteiger partial charge is 0.390 e. The molecule has 1 saturated heterocycles. The normalized spacial score (nSPS) is 19.3. The van der Waals surface area contributed by atoms with Crippen LogP contribution < -0.4 is 14.8 Å². The molecule has 0 radical (unpaired) electrons. The molecule has 2 aliphatic heterocycles. The van der Waals surface area contributed by atoms with Crippen molar-refractivity contribution in [1.29, 1.82) is 0 Å². The van der Waals surface area contributed by atoms with Crippen molar-refractivity contribution in [3.63, 3.8) is 0 Å². The second kappa shape index (κ2) is 7.46. The Hall–Kier alpha value is -0.700. The predicted molar refractivity (Wildman–Crippen MR) is 85.4 cm³/mol. The van der Waals surface area contributed by atoms with E-state index in [9.17, 15) is 13.2 Å². The number of piperazine rings is 1. The van der Waals surface area contributed by atoms with Crippen LogP contribution in [-0.4, -0.2) is 44.0 Å². The average molecular weight is 418 g/mol. The van der Waals surface area contributed by atoms with Crippen molar-refractivity contribution in [2.24, 2.45) is 0 Å². The molecule has 0 aliphatic carbocycles. The number of nitrogens with one attached hydrogen (secondary N) is 1. The van der Waals surface area contributed by atoms with Crippen molar-refractivity contribution in [2.45, 2.75) is 18.6 Å². The minimum absolute atomic E-state index is 0. The zero-order valence-corrected chi connectivity index (χ0v) is 14.6. The number of hydrogen-bond acceptors (Lipinski definition) is 4. The van der Waals surface area contributed by atoms with Crippen LogP contribution in [0.25, 0.3) is 0 Å². The maximum absolute atomic E-state index is 13.0. The van der Waals surface area contributed by atoms with Crippen LogP contribution in [0.2, 0.25) is 0 Å². The van der Waals surface area contributed by atoms with Crippen LogP contribution in [-0.2, 0) is 0 Å². The number of benzene rings is 1. The number of hydrogen-bond donors (Lipinski definition) is 1. The van der Waals surface area contributed by atoms with Gasteiger partial charge in [0.1, 0.15) is 0 Å². The molecule has 0 aromatic heterocycles. The van der Waals surface area contributed by atoms with E-state index in [1.54, 1.807) is 12.1 Å². The van der Waals surface area contributed by atoms with Gasteiger partial charge >= 0.3 is 6.18 Å². The predicted octanol–water partition coefficient (Wildman–Crippen LogP) is 3.50. The van der Waals surface area contributed by atoms with E-state index in [0.29, 0.717) is 47.7 Å². The fraction of sp³-hybridized carbons (Fsp3) is 0.571. The minimum atomic E-state index is -4.23. The fourth-order valence-corrected chi connectivity index (χ4v) is 3.42. The molecule has 0 saturated carbocycles. The van der Waals surface area contributed by atoms with E-state index in [1.807, 2.05) is 4.90 Å². The van der Waals surface area contributed by atoms with Crippen molar-refractivity contribution >= 4 is 28.3 Å². The standard InChI is InChI=1S/C14H16BrF3N2O2.ClH/c15-10-6-13-12(21-8-22-13)5-9(10)11(7-14(16,17)18)20-3-1-19-2-4-20;/h5-6,11,19H,1-4,7-8H2;1H/t11-;/m1./s1. The van der Waals surface area contributed by atoms with Crippen LogP contribution in [0.5, 0.6) is 11.5 Å². The van der Waals surface area contributed by atoms with Gasteiger partial charge in [0.05, 0.1) is 6.42 Å². The lowest BCUT2D eigenvalue weighted by atomic mass is 10.00. The average Bonchev–Trinajstić information content (AvgIpc) is 2.91. The first-order valence-corrected chi connectivity index (χ1v) is 7.84. The van der Waals surface area contributed by atoms with E-state index in [4.69, 9.17) is 9.47 Å². The lowest BCUT2D eigenvalue weighted by Crippen LogP contribution is -2.46. The Morgan fingerprint density at radius 1 is 1.17 bits per heavy atom. The number of ether oxygens (including phenoxy) is 2. The quantitative estimate of drug-likeness (QED) is 0.816. The van der Waals surface area contributed by atoms with E-state index in [1.165, 1.54) is 0 Å². The third-order valence-electron chi connectivity index (χ3n) is 3.87. The Balaban J connectivity index is 0.00000192. The van der Waals surface area contributed by atoms with E-state index in [2.05, 4.69) is 21.2 Å². The molecule has 2 aliphatic rings. The molecule has 1 aromatic carbocycles. The van der Waals surface area contributed by atoms with Crippen LogP contribution in [0.3, 0.4) is 0 Å². The summed E-state index contributed by atoms with van der Waals surface area (Å²) in [6, 6.07) is 2.61. The monoisotopic (exact) mass is 416 g/mol. The largest absolute Gasteiger partial charge is 0.454 e. The summed E-state index contributed by atoms with van der Waals surface area (Å²) in [6.45, 7) is 2.65. The molecule has 23 heavy (non-hydrogen) atoms. The third-order valence-corrected chi connectivity index (χ3v) is 4.55. The van der Waals surface area contributed by atoms with Crippen LogP contribution in [0, 0.1) is 0 Å². The van der Waals surface area contributed by atoms with Crippen LogP contribution in [0.1, 0.15) is 18.0 Å². The Bertz CT molecular complexity index is 554. The lowest BCUT2D eigenvalue weighted by Gasteiger charge is -2.36. The topological polar surface area (TPSA) is 33.7 Å². The third kappa shape index (κ3) is 4.43. The van der Waals surface area contributed by atoms with Crippen molar-refractivity contribution in [3.8, 4) is 11.5 Å². The van der Waals surface area contributed by atoms with Gasteiger partial charge in [-0.25, -0.2) is 0 Å². The molecule has 4 nitrogen and oxygen atoms in total. The molecule has 0 amide bonds. The van der Waals surface area contributed by atoms with Gasteiger partial charge in [0.15, 0.2) is 11.5 Å². The maximum Gasteiger partial charge on any atom is 0.390 e.